The van der Waals surface area contributed by atoms with Crippen LogP contribution < -0.4 is 0 Å². The molecule has 1 aliphatic rings. The lowest BCUT2D eigenvalue weighted by molar-refractivity contribution is -0.515. The number of rotatable bonds is 21. The summed E-state index contributed by atoms with van der Waals surface area (Å²) in [6, 6.07) is 0. The third-order valence-corrected chi connectivity index (χ3v) is 7.38. The zero-order chi connectivity index (χ0) is 30.7. The molecule has 12 heteroatoms. The largest absolute Gasteiger partial charge is 0.726 e. The van der Waals surface area contributed by atoms with Crippen molar-refractivity contribution in [2.75, 3.05) is 39.4 Å². The van der Waals surface area contributed by atoms with E-state index in [0.717, 1.165) is 0 Å². The molecule has 0 fully saturated rings. The molecule has 0 aromatic rings. The van der Waals surface area contributed by atoms with Crippen molar-refractivity contribution in [3.63, 3.8) is 0 Å². The maximum atomic E-state index is 9.56. The Hall–Kier alpha value is -1.05. The summed E-state index contributed by atoms with van der Waals surface area (Å²) in [5.74, 6) is 1.62. The van der Waals surface area contributed by atoms with E-state index in [1.807, 2.05) is 0 Å². The lowest BCUT2D eigenvalue weighted by atomic mass is 10.1. The van der Waals surface area contributed by atoms with E-state index in [1.165, 1.54) is 130 Å². The predicted octanol–water partition coefficient (Wildman–Crippen LogP) is 6.10. The molecule has 1 N–H and O–H groups in total. The van der Waals surface area contributed by atoms with E-state index >= 15 is 0 Å². The molecular formula is C28H58N2O8S2. The van der Waals surface area contributed by atoms with Gasteiger partial charge in [0.05, 0.1) is 26.3 Å². The van der Waals surface area contributed by atoms with Gasteiger partial charge in [-0.05, 0) is 59.8 Å². The number of nitrogens with zero attached hydrogens (tertiary/aromatic N) is 2. The fraction of sp³-hybridized carbons (Fsp3) is 0.893. The lowest BCUT2D eigenvalue weighted by Crippen LogP contribution is -2.29. The van der Waals surface area contributed by atoms with Crippen molar-refractivity contribution >= 4 is 26.6 Å². The number of amidine groups is 1. The topological polar surface area (TPSA) is 136 Å². The molecule has 0 aromatic carbocycles. The number of allylic oxidation sites excluding steroid dienone is 2. The number of unbranched alkanes of at least 4 members (excludes halogenated alkanes) is 11. The minimum Gasteiger partial charge on any atom is -0.726 e. The highest BCUT2D eigenvalue weighted by Crippen LogP contribution is 2.13. The molecule has 10 nitrogen and oxygen atoms in total. The molecule has 0 amide bonds. The Morgan fingerprint density at radius 2 is 1.30 bits per heavy atom. The van der Waals surface area contributed by atoms with Crippen molar-refractivity contribution in [2.45, 2.75) is 125 Å². The molecule has 0 aliphatic carbocycles. The Bertz CT molecular complexity index is 826. The first-order chi connectivity index (χ1) is 19.0. The second-order valence-corrected chi connectivity index (χ2v) is 11.7. The van der Waals surface area contributed by atoms with Gasteiger partial charge in [0, 0.05) is 6.42 Å². The van der Waals surface area contributed by atoms with Crippen LogP contribution in [-0.2, 0) is 29.2 Å². The molecular weight excluding hydrogens is 556 g/mol. The summed E-state index contributed by atoms with van der Waals surface area (Å²) in [6.45, 7) is 14.5. The van der Waals surface area contributed by atoms with E-state index in [9.17, 15) is 21.4 Å². The van der Waals surface area contributed by atoms with Crippen molar-refractivity contribution in [3.8, 4) is 0 Å². The number of likely N-dealkylation sites (N-methyl/N-ethyl adjacent to an activating group) is 2. The molecule has 240 valence electrons. The first-order valence-electron chi connectivity index (χ1n) is 15.2. The molecule has 1 aliphatic heterocycles. The van der Waals surface area contributed by atoms with E-state index in [1.54, 1.807) is 5.84 Å². The van der Waals surface area contributed by atoms with E-state index < -0.39 is 20.8 Å². The summed E-state index contributed by atoms with van der Waals surface area (Å²) in [5.41, 5.74) is 0. The van der Waals surface area contributed by atoms with Gasteiger partial charge in [0.15, 0.2) is 0 Å². The Morgan fingerprint density at radius 1 is 0.800 bits per heavy atom. The smallest absolute Gasteiger partial charge is 0.397 e. The first kappa shape index (κ1) is 41.1. The van der Waals surface area contributed by atoms with Crippen LogP contribution in [-0.4, -0.2) is 80.6 Å². The molecule has 0 saturated heterocycles. The average Bonchev–Trinajstić information content (AvgIpc) is 3.27. The monoisotopic (exact) mass is 614 g/mol. The highest BCUT2D eigenvalue weighted by molar-refractivity contribution is 7.81. The van der Waals surface area contributed by atoms with Gasteiger partial charge in [-0.2, -0.15) is 8.42 Å². The summed E-state index contributed by atoms with van der Waals surface area (Å²) < 4.78 is 65.2. The van der Waals surface area contributed by atoms with Crippen LogP contribution in [0.1, 0.15) is 125 Å². The van der Waals surface area contributed by atoms with Crippen LogP contribution in [0.2, 0.25) is 0 Å². The molecule has 0 unspecified atom stereocenters. The molecule has 0 atom stereocenters. The normalized spacial score (nSPS) is 13.8. The second kappa shape index (κ2) is 26.8. The summed E-state index contributed by atoms with van der Waals surface area (Å²) in [4.78, 5) is 2.58. The standard InChI is InChI=1S/C24H47N2.2C2H6O4S/c1-4-7-8-9-10-11-12-13-14-15-16-17-18-19-20-21-24-25(5-2)22-23-26(24)6-3;2*1-2-6-7(3,4)5/h13-14H,4-12,15-23H2,1-3H3;2*2H2,1H3,(H,3,4,5)/q+1;;/p-1. The Balaban J connectivity index is 0. The van der Waals surface area contributed by atoms with Gasteiger partial charge >= 0.3 is 10.4 Å². The number of hydrogen-bond acceptors (Lipinski definition) is 8. The highest BCUT2D eigenvalue weighted by Gasteiger charge is 2.27. The van der Waals surface area contributed by atoms with Crippen molar-refractivity contribution in [1.29, 1.82) is 0 Å². The van der Waals surface area contributed by atoms with Gasteiger partial charge in [0.1, 0.15) is 13.1 Å². The van der Waals surface area contributed by atoms with Crippen LogP contribution in [0.5, 0.6) is 0 Å². The average molecular weight is 615 g/mol. The molecule has 0 bridgehead atoms. The van der Waals surface area contributed by atoms with E-state index in [2.05, 4.69) is 50.8 Å². The fourth-order valence-electron chi connectivity index (χ4n) is 4.34. The van der Waals surface area contributed by atoms with Crippen LogP contribution in [0.25, 0.3) is 0 Å². The summed E-state index contributed by atoms with van der Waals surface area (Å²) >= 11 is 0. The van der Waals surface area contributed by atoms with E-state index in [4.69, 9.17) is 4.55 Å². The Labute approximate surface area is 246 Å². The Kier molecular flexibility index (Phi) is 27.6. The predicted molar refractivity (Wildman–Crippen MR) is 162 cm³/mol. The minimum atomic E-state index is -4.42. The van der Waals surface area contributed by atoms with E-state index in [0.29, 0.717) is 0 Å². The van der Waals surface area contributed by atoms with Gasteiger partial charge in [-0.1, -0.05) is 70.4 Å². The van der Waals surface area contributed by atoms with Crippen LogP contribution in [0.4, 0.5) is 0 Å². The second-order valence-electron chi connectivity index (χ2n) is 9.56. The van der Waals surface area contributed by atoms with Gasteiger partial charge in [-0.25, -0.2) is 12.6 Å². The maximum absolute atomic E-state index is 9.56. The van der Waals surface area contributed by atoms with Crippen molar-refractivity contribution in [2.24, 2.45) is 0 Å². The number of hydrogen-bond donors (Lipinski definition) is 1. The zero-order valence-electron chi connectivity index (χ0n) is 25.8. The maximum Gasteiger partial charge on any atom is 0.397 e. The molecule has 0 saturated carbocycles. The van der Waals surface area contributed by atoms with Gasteiger partial charge in [-0.3, -0.25) is 18.2 Å². The van der Waals surface area contributed by atoms with Gasteiger partial charge in [0.25, 0.3) is 0 Å². The summed E-state index contributed by atoms with van der Waals surface area (Å²) in [7, 11) is -8.60. The molecule has 0 aromatic heterocycles. The summed E-state index contributed by atoms with van der Waals surface area (Å²) in [6.07, 6.45) is 24.2. The van der Waals surface area contributed by atoms with Crippen LogP contribution in [0.15, 0.2) is 12.2 Å². The van der Waals surface area contributed by atoms with Gasteiger partial charge in [-0.15, -0.1) is 0 Å². The lowest BCUT2D eigenvalue weighted by Gasteiger charge is -2.11. The van der Waals surface area contributed by atoms with Crippen LogP contribution >= 0.6 is 0 Å². The Morgan fingerprint density at radius 3 is 1.68 bits per heavy atom. The molecule has 0 spiro atoms. The molecule has 0 radical (unpaired) electrons. The minimum absolute atomic E-state index is 0.0289. The van der Waals surface area contributed by atoms with Crippen molar-refractivity contribution < 1.29 is 38.9 Å². The third kappa shape index (κ3) is 28.5. The van der Waals surface area contributed by atoms with Gasteiger partial charge in [0.2, 0.25) is 16.2 Å². The quantitative estimate of drug-likeness (QED) is 0.0535. The van der Waals surface area contributed by atoms with Crippen LogP contribution in [0, 0.1) is 0 Å². The third-order valence-electron chi connectivity index (χ3n) is 6.32. The van der Waals surface area contributed by atoms with E-state index in [-0.39, 0.29) is 13.2 Å². The molecule has 1 heterocycles. The van der Waals surface area contributed by atoms with Crippen LogP contribution in [0.3, 0.4) is 0 Å². The summed E-state index contributed by atoms with van der Waals surface area (Å²) in [5, 5.41) is 0. The van der Waals surface area contributed by atoms with Gasteiger partial charge < -0.3 is 4.55 Å². The molecule has 40 heavy (non-hydrogen) atoms. The highest BCUT2D eigenvalue weighted by atomic mass is 32.3. The zero-order valence-corrected chi connectivity index (χ0v) is 27.4. The fourth-order valence-corrected chi connectivity index (χ4v) is 4.93. The first-order valence-corrected chi connectivity index (χ1v) is 17.9. The van der Waals surface area contributed by atoms with Crippen molar-refractivity contribution in [1.82, 2.24) is 4.90 Å². The van der Waals surface area contributed by atoms with Crippen molar-refractivity contribution in [3.05, 3.63) is 12.2 Å². The molecule has 1 rings (SSSR count). The SMILES string of the molecule is CCCCCCCCC=CCCCCCCCC1=[N+](CC)CCN1CC.CCOS(=O)(=O)O.CCOS(=O)(=O)[O-].